The molecule has 5 nitrogen and oxygen atoms in total. The van der Waals surface area contributed by atoms with Crippen molar-refractivity contribution in [3.05, 3.63) is 35.1 Å². The number of halogens is 1. The van der Waals surface area contributed by atoms with Gasteiger partial charge in [0, 0.05) is 20.2 Å². The van der Waals surface area contributed by atoms with E-state index in [9.17, 15) is 14.3 Å². The van der Waals surface area contributed by atoms with Crippen molar-refractivity contribution >= 4 is 5.91 Å². The largest absolute Gasteiger partial charge is 0.388 e. The molecule has 0 saturated heterocycles. The molecule has 3 aliphatic carbocycles. The molecule has 6 atom stereocenters. The molecule has 6 unspecified atom stereocenters. The van der Waals surface area contributed by atoms with Crippen molar-refractivity contribution < 1.29 is 19.0 Å². The maximum absolute atomic E-state index is 13.9. The third-order valence-electron chi connectivity index (χ3n) is 8.59. The van der Waals surface area contributed by atoms with Crippen molar-refractivity contribution in [3.63, 3.8) is 0 Å². The third-order valence-corrected chi connectivity index (χ3v) is 8.59. The number of nitrogens with zero attached hydrogens (tertiary/aromatic N) is 1. The first-order valence-electron chi connectivity index (χ1n) is 12.0. The van der Waals surface area contributed by atoms with Crippen LogP contribution >= 0.6 is 0 Å². The Hall–Kier alpha value is -1.50. The second-order valence-electron chi connectivity index (χ2n) is 10.4. The Morgan fingerprint density at radius 2 is 2.13 bits per heavy atom. The van der Waals surface area contributed by atoms with Gasteiger partial charge >= 0.3 is 0 Å². The van der Waals surface area contributed by atoms with E-state index in [-0.39, 0.29) is 24.3 Å². The van der Waals surface area contributed by atoms with E-state index in [0.29, 0.717) is 31.5 Å². The van der Waals surface area contributed by atoms with Gasteiger partial charge in [-0.25, -0.2) is 4.39 Å². The van der Waals surface area contributed by atoms with Crippen molar-refractivity contribution in [1.29, 1.82) is 0 Å². The molecule has 1 aromatic rings. The molecule has 1 amide bonds. The summed E-state index contributed by atoms with van der Waals surface area (Å²) in [6.45, 7) is 1.62. The quantitative estimate of drug-likeness (QED) is 0.728. The molecule has 5 rings (SSSR count). The van der Waals surface area contributed by atoms with Crippen LogP contribution in [0.3, 0.4) is 0 Å². The molecular formula is C25H35FN2O3. The van der Waals surface area contributed by atoms with Crippen molar-refractivity contribution in [2.24, 2.45) is 23.7 Å². The number of nitrogens with one attached hydrogen (secondary N) is 1. The Balaban J connectivity index is 1.23. The zero-order valence-corrected chi connectivity index (χ0v) is 18.5. The molecule has 1 heterocycles. The highest BCUT2D eigenvalue weighted by Crippen LogP contribution is 2.56. The highest BCUT2D eigenvalue weighted by Gasteiger charge is 2.52. The van der Waals surface area contributed by atoms with Crippen LogP contribution in [0.4, 0.5) is 4.39 Å². The Morgan fingerprint density at radius 1 is 1.29 bits per heavy atom. The summed E-state index contributed by atoms with van der Waals surface area (Å²) in [5.74, 6) is 2.32. The number of hydrogen-bond acceptors (Lipinski definition) is 4. The van der Waals surface area contributed by atoms with Crippen LogP contribution in [-0.4, -0.2) is 54.9 Å². The topological polar surface area (TPSA) is 61.8 Å². The Morgan fingerprint density at radius 3 is 2.97 bits per heavy atom. The molecule has 3 fully saturated rings. The molecule has 2 N–H and O–H groups in total. The van der Waals surface area contributed by atoms with E-state index in [0.717, 1.165) is 48.6 Å². The van der Waals surface area contributed by atoms with Gasteiger partial charge in [0.05, 0.1) is 24.8 Å². The number of fused-ring (bicyclic) bond motifs is 3. The molecule has 170 valence electrons. The molecule has 0 radical (unpaired) electrons. The average molecular weight is 431 g/mol. The lowest BCUT2D eigenvalue weighted by molar-refractivity contribution is -0.134. The number of ether oxygens (including phenoxy) is 1. The van der Waals surface area contributed by atoms with Gasteiger partial charge in [-0.3, -0.25) is 4.79 Å². The molecular weight excluding hydrogens is 395 g/mol. The third kappa shape index (κ3) is 4.03. The highest BCUT2D eigenvalue weighted by molar-refractivity contribution is 5.79. The summed E-state index contributed by atoms with van der Waals surface area (Å²) in [5, 5.41) is 14.8. The van der Waals surface area contributed by atoms with E-state index in [1.54, 1.807) is 7.11 Å². The van der Waals surface area contributed by atoms with Gasteiger partial charge in [-0.15, -0.1) is 0 Å². The lowest BCUT2D eigenvalue weighted by Crippen LogP contribution is -2.51. The smallest absolute Gasteiger partial charge is 0.237 e. The first kappa shape index (κ1) is 21.4. The summed E-state index contributed by atoms with van der Waals surface area (Å²) in [6, 6.07) is 4.56. The second-order valence-corrected chi connectivity index (χ2v) is 10.4. The number of rotatable bonds is 6. The summed E-state index contributed by atoms with van der Waals surface area (Å²) in [4.78, 5) is 14.9. The lowest BCUT2D eigenvalue weighted by atomic mass is 9.78. The summed E-state index contributed by atoms with van der Waals surface area (Å²) in [5.41, 5.74) is 1.23. The molecule has 31 heavy (non-hydrogen) atoms. The number of benzene rings is 1. The summed E-state index contributed by atoms with van der Waals surface area (Å²) in [7, 11) is 1.61. The molecule has 1 aliphatic heterocycles. The first-order valence-corrected chi connectivity index (χ1v) is 12.0. The second kappa shape index (κ2) is 8.45. The van der Waals surface area contributed by atoms with Crippen molar-refractivity contribution in [1.82, 2.24) is 10.2 Å². The van der Waals surface area contributed by atoms with E-state index in [1.165, 1.54) is 31.4 Å². The van der Waals surface area contributed by atoms with Gasteiger partial charge in [0.25, 0.3) is 0 Å². The Labute approximate surface area is 184 Å². The van der Waals surface area contributed by atoms with E-state index in [4.69, 9.17) is 4.74 Å². The van der Waals surface area contributed by atoms with Crippen LogP contribution in [0.25, 0.3) is 0 Å². The Kier molecular flexibility index (Phi) is 5.82. The van der Waals surface area contributed by atoms with Crippen LogP contribution in [0.2, 0.25) is 0 Å². The normalized spacial score (nSPS) is 36.4. The Bertz CT molecular complexity index is 833. The van der Waals surface area contributed by atoms with Crippen molar-refractivity contribution in [2.75, 3.05) is 33.4 Å². The number of hydrogen-bond donors (Lipinski definition) is 2. The fraction of sp³-hybridized carbons (Fsp3) is 0.720. The predicted molar refractivity (Wildman–Crippen MR) is 116 cm³/mol. The summed E-state index contributed by atoms with van der Waals surface area (Å²) >= 11 is 0. The maximum Gasteiger partial charge on any atom is 0.237 e. The van der Waals surface area contributed by atoms with Gasteiger partial charge in [-0.05, 0) is 91.9 Å². The number of carbonyl (C=O) groups excluding carboxylic acids is 1. The molecule has 0 aromatic heterocycles. The van der Waals surface area contributed by atoms with Gasteiger partial charge in [-0.2, -0.15) is 0 Å². The van der Waals surface area contributed by atoms with Crippen LogP contribution in [0, 0.1) is 29.5 Å². The lowest BCUT2D eigenvalue weighted by Gasteiger charge is -2.38. The van der Waals surface area contributed by atoms with Gasteiger partial charge in [0.15, 0.2) is 0 Å². The molecule has 6 heteroatoms. The maximum atomic E-state index is 13.9. The molecule has 4 aliphatic rings. The zero-order valence-electron chi connectivity index (χ0n) is 18.5. The van der Waals surface area contributed by atoms with Crippen LogP contribution in [0.15, 0.2) is 18.2 Å². The number of methoxy groups -OCH3 is 1. The standard InChI is InChI=1S/C25H35FN2O3/c1-31-14-23-21-12-20(26)3-2-18(21)5-7-28(23)24(29)13-27-15-25(30)6-4-16-8-17-10-19(9-16)22(25)11-17/h2-3,12,16-17,19,22-23,27,30H,4-11,13-15H2,1H3. The SMILES string of the molecule is COCC1c2cc(F)ccc2CCN1C(=O)CNCC1(O)CCC2CC3CC(C2)C1C3. The first-order chi connectivity index (χ1) is 15.0. The molecule has 1 aromatic carbocycles. The number of aliphatic hydroxyl groups is 1. The minimum atomic E-state index is -0.696. The van der Waals surface area contributed by atoms with E-state index >= 15 is 0 Å². The fourth-order valence-electron chi connectivity index (χ4n) is 7.23. The van der Waals surface area contributed by atoms with Crippen LogP contribution in [0.1, 0.15) is 55.7 Å². The van der Waals surface area contributed by atoms with Gasteiger partial charge in [-0.1, -0.05) is 6.07 Å². The van der Waals surface area contributed by atoms with E-state index in [2.05, 4.69) is 5.32 Å². The molecule has 3 saturated carbocycles. The summed E-state index contributed by atoms with van der Waals surface area (Å²) < 4.78 is 19.2. The van der Waals surface area contributed by atoms with Gasteiger partial charge in [0.2, 0.25) is 5.91 Å². The molecule has 0 spiro atoms. The van der Waals surface area contributed by atoms with Crippen LogP contribution in [-0.2, 0) is 16.0 Å². The van der Waals surface area contributed by atoms with Crippen LogP contribution < -0.4 is 5.32 Å². The van der Waals surface area contributed by atoms with Crippen molar-refractivity contribution in [3.8, 4) is 0 Å². The van der Waals surface area contributed by atoms with E-state index in [1.807, 2.05) is 11.0 Å². The number of carbonyl (C=O) groups is 1. The minimum Gasteiger partial charge on any atom is -0.388 e. The van der Waals surface area contributed by atoms with Gasteiger partial charge < -0.3 is 20.1 Å². The predicted octanol–water partition coefficient (Wildman–Crippen LogP) is 3.06. The highest BCUT2D eigenvalue weighted by atomic mass is 19.1. The average Bonchev–Trinajstić information content (AvgIpc) is 3.02. The molecule has 3 bridgehead atoms. The minimum absolute atomic E-state index is 0.0139. The van der Waals surface area contributed by atoms with E-state index < -0.39 is 5.60 Å². The monoisotopic (exact) mass is 430 g/mol. The summed E-state index contributed by atoms with van der Waals surface area (Å²) in [6.07, 6.45) is 7.74. The van der Waals surface area contributed by atoms with Crippen LogP contribution in [0.5, 0.6) is 0 Å². The fourth-order valence-corrected chi connectivity index (χ4v) is 7.23. The van der Waals surface area contributed by atoms with Crippen molar-refractivity contribution in [2.45, 2.75) is 56.6 Å². The zero-order chi connectivity index (χ0) is 21.6. The van der Waals surface area contributed by atoms with Gasteiger partial charge in [0.1, 0.15) is 5.82 Å². The number of amides is 1.